The van der Waals surface area contributed by atoms with E-state index in [0.29, 0.717) is 16.3 Å². The number of hydrogen-bond donors (Lipinski definition) is 3. The maximum absolute atomic E-state index is 12.5. The van der Waals surface area contributed by atoms with E-state index in [9.17, 15) is 4.79 Å². The molecule has 1 unspecified atom stereocenters. The SMILES string of the molecule is CC1(C)CCCCC1NC(=O)c1cc(Cl)ccc1NN. The van der Waals surface area contributed by atoms with Crippen LogP contribution in [0.2, 0.25) is 5.02 Å². The third-order valence-electron chi connectivity index (χ3n) is 4.19. The number of benzene rings is 1. The predicted molar refractivity (Wildman–Crippen MR) is 82.8 cm³/mol. The molecule has 5 heteroatoms. The van der Waals surface area contributed by atoms with E-state index >= 15 is 0 Å². The molecule has 1 aromatic carbocycles. The Balaban J connectivity index is 2.17. The summed E-state index contributed by atoms with van der Waals surface area (Å²) >= 11 is 5.97. The van der Waals surface area contributed by atoms with E-state index in [2.05, 4.69) is 24.6 Å². The predicted octanol–water partition coefficient (Wildman–Crippen LogP) is 3.32. The van der Waals surface area contributed by atoms with Crippen molar-refractivity contribution in [3.05, 3.63) is 28.8 Å². The van der Waals surface area contributed by atoms with Crippen LogP contribution in [0.3, 0.4) is 0 Å². The van der Waals surface area contributed by atoms with Gasteiger partial charge in [0.2, 0.25) is 0 Å². The summed E-state index contributed by atoms with van der Waals surface area (Å²) in [5, 5.41) is 3.66. The monoisotopic (exact) mass is 295 g/mol. The van der Waals surface area contributed by atoms with Gasteiger partial charge in [-0.3, -0.25) is 10.6 Å². The van der Waals surface area contributed by atoms with E-state index in [0.717, 1.165) is 19.3 Å². The second-order valence-corrected chi connectivity index (χ2v) is 6.53. The van der Waals surface area contributed by atoms with Crippen LogP contribution >= 0.6 is 11.6 Å². The number of rotatable bonds is 3. The number of hydrogen-bond acceptors (Lipinski definition) is 3. The Morgan fingerprint density at radius 3 is 2.80 bits per heavy atom. The van der Waals surface area contributed by atoms with Crippen molar-refractivity contribution >= 4 is 23.2 Å². The third-order valence-corrected chi connectivity index (χ3v) is 4.43. The van der Waals surface area contributed by atoms with Crippen LogP contribution < -0.4 is 16.6 Å². The second kappa shape index (κ2) is 6.02. The van der Waals surface area contributed by atoms with Crippen LogP contribution in [0.15, 0.2) is 18.2 Å². The molecule has 4 nitrogen and oxygen atoms in total. The summed E-state index contributed by atoms with van der Waals surface area (Å²) in [7, 11) is 0. The summed E-state index contributed by atoms with van der Waals surface area (Å²) < 4.78 is 0. The highest BCUT2D eigenvalue weighted by Gasteiger charge is 2.33. The van der Waals surface area contributed by atoms with E-state index in [1.807, 2.05) is 0 Å². The van der Waals surface area contributed by atoms with Gasteiger partial charge in [0.1, 0.15) is 0 Å². The summed E-state index contributed by atoms with van der Waals surface area (Å²) in [6, 6.07) is 5.25. The summed E-state index contributed by atoms with van der Waals surface area (Å²) in [6.45, 7) is 4.41. The number of halogens is 1. The van der Waals surface area contributed by atoms with E-state index in [4.69, 9.17) is 17.4 Å². The third kappa shape index (κ3) is 3.25. The quantitative estimate of drug-likeness (QED) is 0.592. The van der Waals surface area contributed by atoms with Crippen LogP contribution in [0, 0.1) is 5.41 Å². The standard InChI is InChI=1S/C15H22ClN3O/c1-15(2)8-4-3-5-13(15)18-14(20)11-9-10(16)6-7-12(11)19-17/h6-7,9,13,19H,3-5,8,17H2,1-2H3,(H,18,20). The second-order valence-electron chi connectivity index (χ2n) is 6.09. The molecule has 1 saturated carbocycles. The van der Waals surface area contributed by atoms with E-state index in [1.165, 1.54) is 6.42 Å². The molecule has 0 bridgehead atoms. The fourth-order valence-electron chi connectivity index (χ4n) is 2.83. The molecule has 1 aromatic rings. The molecule has 0 saturated heterocycles. The van der Waals surface area contributed by atoms with Gasteiger partial charge in [-0.2, -0.15) is 0 Å². The minimum absolute atomic E-state index is 0.125. The average Bonchev–Trinajstić information content (AvgIpc) is 2.41. The first-order valence-corrected chi connectivity index (χ1v) is 7.39. The Morgan fingerprint density at radius 1 is 1.40 bits per heavy atom. The van der Waals surface area contributed by atoms with Crippen molar-refractivity contribution < 1.29 is 4.79 Å². The molecular formula is C15H22ClN3O. The number of nitrogen functional groups attached to an aromatic ring is 1. The Bertz CT molecular complexity index is 502. The smallest absolute Gasteiger partial charge is 0.253 e. The maximum Gasteiger partial charge on any atom is 0.253 e. The highest BCUT2D eigenvalue weighted by molar-refractivity contribution is 6.31. The molecule has 0 aromatic heterocycles. The lowest BCUT2D eigenvalue weighted by Crippen LogP contribution is -2.47. The van der Waals surface area contributed by atoms with Crippen LogP contribution in [0.5, 0.6) is 0 Å². The summed E-state index contributed by atoms with van der Waals surface area (Å²) in [5.41, 5.74) is 3.74. The van der Waals surface area contributed by atoms with Gasteiger partial charge in [-0.25, -0.2) is 0 Å². The van der Waals surface area contributed by atoms with Gasteiger partial charge in [0.05, 0.1) is 11.3 Å². The molecule has 0 radical (unpaired) electrons. The lowest BCUT2D eigenvalue weighted by atomic mass is 9.73. The van der Waals surface area contributed by atoms with Crippen molar-refractivity contribution in [1.82, 2.24) is 5.32 Å². The molecule has 1 aliphatic rings. The minimum atomic E-state index is -0.125. The van der Waals surface area contributed by atoms with E-state index in [-0.39, 0.29) is 17.4 Å². The van der Waals surface area contributed by atoms with Crippen LogP contribution in [0.1, 0.15) is 49.9 Å². The van der Waals surface area contributed by atoms with Gasteiger partial charge in [0, 0.05) is 11.1 Å². The molecule has 0 heterocycles. The number of nitrogens with one attached hydrogen (secondary N) is 2. The number of carbonyl (C=O) groups is 1. The number of nitrogens with two attached hydrogens (primary N) is 1. The molecule has 4 N–H and O–H groups in total. The zero-order chi connectivity index (χ0) is 14.8. The molecule has 2 rings (SSSR count). The summed E-state index contributed by atoms with van der Waals surface area (Å²) in [5.74, 6) is 5.33. The lowest BCUT2D eigenvalue weighted by Gasteiger charge is -2.39. The van der Waals surface area contributed by atoms with Crippen LogP contribution in [0.25, 0.3) is 0 Å². The zero-order valence-corrected chi connectivity index (χ0v) is 12.8. The van der Waals surface area contributed by atoms with Crippen molar-refractivity contribution in [2.75, 3.05) is 5.43 Å². The fourth-order valence-corrected chi connectivity index (χ4v) is 3.00. The first-order valence-electron chi connectivity index (χ1n) is 7.01. The normalized spacial score (nSPS) is 21.3. The number of amides is 1. The van der Waals surface area contributed by atoms with E-state index in [1.54, 1.807) is 18.2 Å². The fraction of sp³-hybridized carbons (Fsp3) is 0.533. The Kier molecular flexibility index (Phi) is 4.55. The summed E-state index contributed by atoms with van der Waals surface area (Å²) in [4.78, 5) is 12.5. The Morgan fingerprint density at radius 2 is 2.15 bits per heavy atom. The highest BCUT2D eigenvalue weighted by atomic mass is 35.5. The topological polar surface area (TPSA) is 67.2 Å². The largest absolute Gasteiger partial charge is 0.349 e. The van der Waals surface area contributed by atoms with Gasteiger partial charge in [-0.05, 0) is 36.5 Å². The highest BCUT2D eigenvalue weighted by Crippen LogP contribution is 2.35. The summed E-state index contributed by atoms with van der Waals surface area (Å²) in [6.07, 6.45) is 4.54. The molecular weight excluding hydrogens is 274 g/mol. The lowest BCUT2D eigenvalue weighted by molar-refractivity contribution is 0.0854. The van der Waals surface area contributed by atoms with Crippen molar-refractivity contribution in [2.45, 2.75) is 45.6 Å². The van der Waals surface area contributed by atoms with Crippen LogP contribution in [-0.2, 0) is 0 Å². The van der Waals surface area contributed by atoms with Gasteiger partial charge >= 0.3 is 0 Å². The maximum atomic E-state index is 12.5. The zero-order valence-electron chi connectivity index (χ0n) is 12.0. The van der Waals surface area contributed by atoms with Crippen molar-refractivity contribution in [3.63, 3.8) is 0 Å². The van der Waals surface area contributed by atoms with Crippen molar-refractivity contribution in [2.24, 2.45) is 11.3 Å². The van der Waals surface area contributed by atoms with Gasteiger partial charge in [-0.15, -0.1) is 0 Å². The van der Waals surface area contributed by atoms with Crippen LogP contribution in [-0.4, -0.2) is 11.9 Å². The van der Waals surface area contributed by atoms with Gasteiger partial charge in [0.25, 0.3) is 5.91 Å². The first-order chi connectivity index (χ1) is 9.44. The van der Waals surface area contributed by atoms with Gasteiger partial charge < -0.3 is 10.7 Å². The molecule has 0 spiro atoms. The molecule has 0 aliphatic heterocycles. The number of hydrazine groups is 1. The molecule has 1 aliphatic carbocycles. The van der Waals surface area contributed by atoms with Crippen molar-refractivity contribution in [1.29, 1.82) is 0 Å². The Labute approximate surface area is 125 Å². The average molecular weight is 296 g/mol. The minimum Gasteiger partial charge on any atom is -0.349 e. The Hall–Kier alpha value is -1.26. The number of anilines is 1. The van der Waals surface area contributed by atoms with Gasteiger partial charge in [-0.1, -0.05) is 38.3 Å². The molecule has 1 atom stereocenters. The van der Waals surface area contributed by atoms with E-state index < -0.39 is 0 Å². The molecule has 1 amide bonds. The van der Waals surface area contributed by atoms with Crippen molar-refractivity contribution in [3.8, 4) is 0 Å². The number of carbonyl (C=O) groups excluding carboxylic acids is 1. The first kappa shape index (κ1) is 15.1. The molecule has 110 valence electrons. The van der Waals surface area contributed by atoms with Gasteiger partial charge in [0.15, 0.2) is 0 Å². The van der Waals surface area contributed by atoms with Crippen LogP contribution in [0.4, 0.5) is 5.69 Å². The molecule has 20 heavy (non-hydrogen) atoms. The molecule has 1 fully saturated rings.